The van der Waals surface area contributed by atoms with Gasteiger partial charge in [0.25, 0.3) is 0 Å². The van der Waals surface area contributed by atoms with Gasteiger partial charge in [0.05, 0.1) is 6.10 Å². The van der Waals surface area contributed by atoms with Crippen molar-refractivity contribution in [3.8, 4) is 0 Å². The molecule has 1 aromatic rings. The van der Waals surface area contributed by atoms with Crippen LogP contribution in [0.3, 0.4) is 0 Å². The zero-order chi connectivity index (χ0) is 17.6. The van der Waals surface area contributed by atoms with E-state index >= 15 is 0 Å². The van der Waals surface area contributed by atoms with Crippen LogP contribution in [0.2, 0.25) is 0 Å². The molecule has 0 aliphatic carbocycles. The molecule has 0 spiro atoms. The zero-order valence-corrected chi connectivity index (χ0v) is 15.4. The summed E-state index contributed by atoms with van der Waals surface area (Å²) in [5.74, 6) is 0. The van der Waals surface area contributed by atoms with Gasteiger partial charge in [0.15, 0.2) is 0 Å². The molecule has 3 atom stereocenters. The molecular weight excluding hydrogens is 314 g/mol. The lowest BCUT2D eigenvalue weighted by molar-refractivity contribution is 0.0153. The van der Waals surface area contributed by atoms with E-state index in [1.807, 2.05) is 0 Å². The minimum atomic E-state index is -0.0198. The van der Waals surface area contributed by atoms with Crippen LogP contribution in [0.15, 0.2) is 30.3 Å². The molecule has 2 N–H and O–H groups in total. The molecule has 2 fully saturated rings. The molecule has 5 nitrogen and oxygen atoms in total. The predicted octanol–water partition coefficient (Wildman–Crippen LogP) is 3.08. The maximum Gasteiger partial charge on any atom is 0.315 e. The highest BCUT2D eigenvalue weighted by atomic mass is 16.5. The van der Waals surface area contributed by atoms with Crippen molar-refractivity contribution in [2.24, 2.45) is 0 Å². The van der Waals surface area contributed by atoms with Crippen molar-refractivity contribution in [2.75, 3.05) is 19.7 Å². The number of likely N-dealkylation sites (tertiary alicyclic amines) is 1. The minimum absolute atomic E-state index is 0.0198. The maximum absolute atomic E-state index is 12.2. The minimum Gasteiger partial charge on any atom is -0.378 e. The van der Waals surface area contributed by atoms with Gasteiger partial charge < -0.3 is 15.4 Å². The molecule has 2 amide bonds. The Hall–Kier alpha value is -1.59. The number of urea groups is 1. The van der Waals surface area contributed by atoms with Crippen LogP contribution in [0.1, 0.15) is 51.1 Å². The molecule has 2 aliphatic heterocycles. The molecule has 0 bridgehead atoms. The van der Waals surface area contributed by atoms with Crippen LogP contribution in [0, 0.1) is 0 Å². The van der Waals surface area contributed by atoms with Crippen molar-refractivity contribution in [1.82, 2.24) is 15.5 Å². The average molecular weight is 345 g/mol. The lowest BCUT2D eigenvalue weighted by Crippen LogP contribution is -2.51. The Balaban J connectivity index is 1.41. The molecule has 0 aromatic heterocycles. The molecule has 3 rings (SSSR count). The van der Waals surface area contributed by atoms with Gasteiger partial charge in [-0.15, -0.1) is 0 Å². The normalized spacial score (nSPS) is 26.8. The highest BCUT2D eigenvalue weighted by Crippen LogP contribution is 2.24. The number of nitrogens with one attached hydrogen (secondary N) is 2. The van der Waals surface area contributed by atoms with E-state index in [0.717, 1.165) is 45.4 Å². The maximum atomic E-state index is 12.2. The number of benzene rings is 1. The van der Waals surface area contributed by atoms with Crippen LogP contribution in [-0.4, -0.2) is 48.8 Å². The van der Waals surface area contributed by atoms with Gasteiger partial charge >= 0.3 is 6.03 Å². The summed E-state index contributed by atoms with van der Waals surface area (Å²) in [6.45, 7) is 7.12. The molecule has 2 saturated heterocycles. The average Bonchev–Trinajstić information content (AvgIpc) is 2.62. The van der Waals surface area contributed by atoms with Gasteiger partial charge in [0.1, 0.15) is 0 Å². The standard InChI is InChI=1S/C20H31N3O2/c1-15-14-19(10-13-25-15)22-20(24)21-18-8-11-23(12-9-18)16(2)17-6-4-3-5-7-17/h3-7,15-16,18-19H,8-14H2,1-2H3,(H2,21,22,24)/t15-,16-,19-/m1/s1. The number of ether oxygens (including phenoxy) is 1. The largest absolute Gasteiger partial charge is 0.378 e. The first-order chi connectivity index (χ1) is 12.1. The summed E-state index contributed by atoms with van der Waals surface area (Å²) >= 11 is 0. The molecule has 0 radical (unpaired) electrons. The fraction of sp³-hybridized carbons (Fsp3) is 0.650. The number of rotatable bonds is 4. The summed E-state index contributed by atoms with van der Waals surface area (Å²) in [4.78, 5) is 14.8. The fourth-order valence-electron chi connectivity index (χ4n) is 3.92. The third-order valence-electron chi connectivity index (χ3n) is 5.51. The topological polar surface area (TPSA) is 53.6 Å². The Labute approximate surface area is 151 Å². The van der Waals surface area contributed by atoms with Crippen molar-refractivity contribution < 1.29 is 9.53 Å². The van der Waals surface area contributed by atoms with E-state index in [1.165, 1.54) is 5.56 Å². The van der Waals surface area contributed by atoms with Crippen molar-refractivity contribution in [3.05, 3.63) is 35.9 Å². The molecule has 5 heteroatoms. The van der Waals surface area contributed by atoms with Crippen molar-refractivity contribution in [3.63, 3.8) is 0 Å². The van der Waals surface area contributed by atoms with Crippen LogP contribution in [0.4, 0.5) is 4.79 Å². The summed E-state index contributed by atoms with van der Waals surface area (Å²) in [6.07, 6.45) is 4.07. The van der Waals surface area contributed by atoms with E-state index in [-0.39, 0.29) is 24.2 Å². The number of hydrogen-bond donors (Lipinski definition) is 2. The second kappa shape index (κ2) is 8.68. The van der Waals surface area contributed by atoms with Gasteiger partial charge in [-0.1, -0.05) is 30.3 Å². The van der Waals surface area contributed by atoms with Crippen LogP contribution >= 0.6 is 0 Å². The lowest BCUT2D eigenvalue weighted by Gasteiger charge is -2.37. The predicted molar refractivity (Wildman–Crippen MR) is 99.6 cm³/mol. The first-order valence-electron chi connectivity index (χ1n) is 9.59. The summed E-state index contributed by atoms with van der Waals surface area (Å²) in [6, 6.07) is 11.6. The summed E-state index contributed by atoms with van der Waals surface area (Å²) in [7, 11) is 0. The smallest absolute Gasteiger partial charge is 0.315 e. The summed E-state index contributed by atoms with van der Waals surface area (Å²) < 4.78 is 5.53. The van der Waals surface area contributed by atoms with E-state index < -0.39 is 0 Å². The third-order valence-corrected chi connectivity index (χ3v) is 5.51. The Kier molecular flexibility index (Phi) is 6.32. The first kappa shape index (κ1) is 18.2. The van der Waals surface area contributed by atoms with Crippen LogP contribution in [0.25, 0.3) is 0 Å². The van der Waals surface area contributed by atoms with E-state index in [0.29, 0.717) is 6.04 Å². The highest BCUT2D eigenvalue weighted by Gasteiger charge is 2.26. The third kappa shape index (κ3) is 5.19. The van der Waals surface area contributed by atoms with E-state index in [2.05, 4.69) is 59.7 Å². The van der Waals surface area contributed by atoms with Gasteiger partial charge in [-0.3, -0.25) is 4.90 Å². The van der Waals surface area contributed by atoms with E-state index in [9.17, 15) is 4.79 Å². The van der Waals surface area contributed by atoms with Gasteiger partial charge in [-0.2, -0.15) is 0 Å². The molecule has 25 heavy (non-hydrogen) atoms. The second-order valence-corrected chi connectivity index (χ2v) is 7.42. The SMILES string of the molecule is C[C@@H]1C[C@H](NC(=O)NC2CCN([C@H](C)c3ccccc3)CC2)CCO1. The monoisotopic (exact) mass is 345 g/mol. The molecule has 2 heterocycles. The second-order valence-electron chi connectivity index (χ2n) is 7.42. The molecule has 2 aliphatic rings. The van der Waals surface area contributed by atoms with Gasteiger partial charge in [0, 0.05) is 37.8 Å². The van der Waals surface area contributed by atoms with Crippen molar-refractivity contribution >= 4 is 6.03 Å². The number of carbonyl (C=O) groups is 1. The number of carbonyl (C=O) groups excluding carboxylic acids is 1. The molecule has 0 saturated carbocycles. The number of amides is 2. The van der Waals surface area contributed by atoms with Crippen LogP contribution in [0.5, 0.6) is 0 Å². The molecule has 1 aromatic carbocycles. The number of piperidine rings is 1. The van der Waals surface area contributed by atoms with E-state index in [4.69, 9.17) is 4.74 Å². The van der Waals surface area contributed by atoms with Crippen LogP contribution in [-0.2, 0) is 4.74 Å². The van der Waals surface area contributed by atoms with Crippen molar-refractivity contribution in [2.45, 2.75) is 63.8 Å². The molecular formula is C20H31N3O2. The molecule has 0 unspecified atom stereocenters. The number of hydrogen-bond acceptors (Lipinski definition) is 3. The Morgan fingerprint density at radius 3 is 2.48 bits per heavy atom. The fourth-order valence-corrected chi connectivity index (χ4v) is 3.92. The summed E-state index contributed by atoms with van der Waals surface area (Å²) in [5, 5.41) is 6.28. The highest BCUT2D eigenvalue weighted by molar-refractivity contribution is 5.74. The molecule has 138 valence electrons. The van der Waals surface area contributed by atoms with Gasteiger partial charge in [0.2, 0.25) is 0 Å². The first-order valence-corrected chi connectivity index (χ1v) is 9.59. The van der Waals surface area contributed by atoms with E-state index in [1.54, 1.807) is 0 Å². The zero-order valence-electron chi connectivity index (χ0n) is 15.4. The quantitative estimate of drug-likeness (QED) is 0.882. The van der Waals surface area contributed by atoms with Gasteiger partial charge in [-0.25, -0.2) is 4.79 Å². The Morgan fingerprint density at radius 1 is 1.12 bits per heavy atom. The number of nitrogens with zero attached hydrogens (tertiary/aromatic N) is 1. The van der Waals surface area contributed by atoms with Crippen LogP contribution < -0.4 is 10.6 Å². The Morgan fingerprint density at radius 2 is 1.80 bits per heavy atom. The van der Waals surface area contributed by atoms with Gasteiger partial charge in [-0.05, 0) is 45.1 Å². The Bertz CT molecular complexity index is 543. The van der Waals surface area contributed by atoms with Crippen molar-refractivity contribution in [1.29, 1.82) is 0 Å². The summed E-state index contributed by atoms with van der Waals surface area (Å²) in [5.41, 5.74) is 1.36. The lowest BCUT2D eigenvalue weighted by atomic mass is 10.0.